The second-order valence-corrected chi connectivity index (χ2v) is 5.87. The van der Waals surface area contributed by atoms with E-state index in [4.69, 9.17) is 0 Å². The summed E-state index contributed by atoms with van der Waals surface area (Å²) in [4.78, 5) is 17.2. The van der Waals surface area contributed by atoms with Crippen LogP contribution < -0.4 is 5.32 Å². The van der Waals surface area contributed by atoms with Gasteiger partial charge in [-0.3, -0.25) is 4.79 Å². The van der Waals surface area contributed by atoms with Gasteiger partial charge in [-0.05, 0) is 40.5 Å². The molecule has 0 aliphatic carbocycles. The van der Waals surface area contributed by atoms with Gasteiger partial charge in [0, 0.05) is 35.9 Å². The molecule has 3 heterocycles. The van der Waals surface area contributed by atoms with Crippen molar-refractivity contribution in [2.75, 3.05) is 26.2 Å². The highest BCUT2D eigenvalue weighted by Gasteiger charge is 2.38. The number of nitrogens with zero attached hydrogens (tertiary/aromatic N) is 1. The molecule has 6 heteroatoms. The Morgan fingerprint density at radius 1 is 1.35 bits per heavy atom. The maximum absolute atomic E-state index is 12.2. The van der Waals surface area contributed by atoms with Gasteiger partial charge in [-0.2, -0.15) is 0 Å². The molecule has 2 aliphatic rings. The number of nitrogens with one attached hydrogen (secondary N) is 2. The van der Waals surface area contributed by atoms with Gasteiger partial charge in [-0.25, -0.2) is 0 Å². The van der Waals surface area contributed by atoms with E-state index in [0.717, 1.165) is 35.4 Å². The monoisotopic (exact) mass is 367 g/mol. The largest absolute Gasteiger partial charge is 0.356 e. The lowest BCUT2D eigenvalue weighted by atomic mass is 10.0. The van der Waals surface area contributed by atoms with E-state index >= 15 is 0 Å². The van der Waals surface area contributed by atoms with Crippen LogP contribution in [0.3, 0.4) is 0 Å². The van der Waals surface area contributed by atoms with E-state index in [-0.39, 0.29) is 18.3 Å². The normalized spacial score (nSPS) is 26.8. The Morgan fingerprint density at radius 2 is 2.00 bits per heavy atom. The van der Waals surface area contributed by atoms with E-state index in [1.165, 1.54) is 0 Å². The van der Waals surface area contributed by atoms with Crippen LogP contribution in [0.2, 0.25) is 0 Å². The van der Waals surface area contributed by atoms with Gasteiger partial charge in [0.05, 0.1) is 0 Å². The maximum atomic E-state index is 12.2. The minimum Gasteiger partial charge on any atom is -0.356 e. The molecule has 0 aromatic carbocycles. The van der Waals surface area contributed by atoms with Crippen LogP contribution in [-0.4, -0.2) is 42.0 Å². The number of hydrogen-bond acceptors (Lipinski definition) is 2. The lowest BCUT2D eigenvalue weighted by Gasteiger charge is -2.16. The summed E-state index contributed by atoms with van der Waals surface area (Å²) >= 11 is 2.21. The van der Waals surface area contributed by atoms with Crippen LogP contribution in [-0.2, 0) is 0 Å². The first-order valence-corrected chi connectivity index (χ1v) is 6.66. The molecule has 17 heavy (non-hydrogen) atoms. The second-order valence-electron chi connectivity index (χ2n) is 4.62. The van der Waals surface area contributed by atoms with Crippen molar-refractivity contribution in [1.82, 2.24) is 15.2 Å². The number of halogens is 2. The lowest BCUT2D eigenvalue weighted by molar-refractivity contribution is 0.0776. The Labute approximate surface area is 120 Å². The highest BCUT2D eigenvalue weighted by molar-refractivity contribution is 14.1. The van der Waals surface area contributed by atoms with Crippen LogP contribution in [0.5, 0.6) is 0 Å². The van der Waals surface area contributed by atoms with Gasteiger partial charge < -0.3 is 15.2 Å². The molecule has 1 amide bonds. The van der Waals surface area contributed by atoms with Crippen LogP contribution in [0.25, 0.3) is 0 Å². The third-order valence-corrected chi connectivity index (χ3v) is 4.18. The average Bonchev–Trinajstić information content (AvgIpc) is 2.89. The van der Waals surface area contributed by atoms with E-state index in [0.29, 0.717) is 11.8 Å². The number of H-pyrrole nitrogens is 1. The molecule has 3 rings (SSSR count). The molecule has 2 aliphatic heterocycles. The molecule has 0 bridgehead atoms. The third kappa shape index (κ3) is 2.46. The predicted octanol–water partition coefficient (Wildman–Crippen LogP) is 1.33. The molecule has 2 atom stereocenters. The standard InChI is InChI=1S/C11H14IN3O.ClH/c12-9-1-10(14-4-9)11(16)15-5-7-2-13-3-8(7)6-15;/h1,4,7-8,13-14H,2-3,5-6H2;1H/t7-,8+;. The van der Waals surface area contributed by atoms with Crippen LogP contribution in [0, 0.1) is 15.4 Å². The van der Waals surface area contributed by atoms with Gasteiger partial charge in [0.2, 0.25) is 0 Å². The van der Waals surface area contributed by atoms with Crippen molar-refractivity contribution in [3.05, 3.63) is 21.5 Å². The first-order chi connectivity index (χ1) is 7.74. The fourth-order valence-electron chi connectivity index (χ4n) is 2.68. The smallest absolute Gasteiger partial charge is 0.270 e. The van der Waals surface area contributed by atoms with E-state index in [1.807, 2.05) is 17.2 Å². The second kappa shape index (κ2) is 5.16. The summed E-state index contributed by atoms with van der Waals surface area (Å²) in [6, 6.07) is 1.91. The molecule has 2 fully saturated rings. The molecule has 94 valence electrons. The summed E-state index contributed by atoms with van der Waals surface area (Å²) < 4.78 is 1.09. The summed E-state index contributed by atoms with van der Waals surface area (Å²) in [7, 11) is 0. The molecule has 0 radical (unpaired) electrons. The van der Waals surface area contributed by atoms with Crippen molar-refractivity contribution in [1.29, 1.82) is 0 Å². The topological polar surface area (TPSA) is 48.1 Å². The number of amides is 1. The van der Waals surface area contributed by atoms with E-state index in [1.54, 1.807) is 0 Å². The van der Waals surface area contributed by atoms with Crippen molar-refractivity contribution in [3.63, 3.8) is 0 Å². The number of rotatable bonds is 1. The fraction of sp³-hybridized carbons (Fsp3) is 0.545. The molecule has 1 aromatic rings. The zero-order chi connectivity index (χ0) is 11.1. The Bertz CT molecular complexity index is 411. The van der Waals surface area contributed by atoms with E-state index < -0.39 is 0 Å². The zero-order valence-electron chi connectivity index (χ0n) is 9.28. The Kier molecular flexibility index (Phi) is 3.99. The Balaban J connectivity index is 0.00000108. The quantitative estimate of drug-likeness (QED) is 0.736. The molecule has 0 saturated carbocycles. The Morgan fingerprint density at radius 3 is 2.53 bits per heavy atom. The summed E-state index contributed by atoms with van der Waals surface area (Å²) in [6.07, 6.45) is 1.87. The predicted molar refractivity (Wildman–Crippen MR) is 76.5 cm³/mol. The number of hydrogen-bond donors (Lipinski definition) is 2. The summed E-state index contributed by atoms with van der Waals surface area (Å²) in [5, 5.41) is 3.38. The molecule has 2 saturated heterocycles. The van der Waals surface area contributed by atoms with Crippen molar-refractivity contribution < 1.29 is 4.79 Å². The molecule has 4 nitrogen and oxygen atoms in total. The number of carbonyl (C=O) groups is 1. The van der Waals surface area contributed by atoms with Crippen LogP contribution in [0.1, 0.15) is 10.5 Å². The number of aromatic nitrogens is 1. The van der Waals surface area contributed by atoms with Gasteiger partial charge in [0.25, 0.3) is 5.91 Å². The first kappa shape index (κ1) is 13.2. The fourth-order valence-corrected chi connectivity index (χ4v) is 3.15. The molecule has 2 N–H and O–H groups in total. The van der Waals surface area contributed by atoms with Gasteiger partial charge in [-0.1, -0.05) is 0 Å². The maximum Gasteiger partial charge on any atom is 0.270 e. The Hall–Kier alpha value is -0.270. The van der Waals surface area contributed by atoms with E-state index in [2.05, 4.69) is 32.9 Å². The zero-order valence-corrected chi connectivity index (χ0v) is 12.3. The van der Waals surface area contributed by atoms with Crippen molar-refractivity contribution in [2.24, 2.45) is 11.8 Å². The minimum absolute atomic E-state index is 0. The third-order valence-electron chi connectivity index (χ3n) is 3.55. The van der Waals surface area contributed by atoms with Gasteiger partial charge >= 0.3 is 0 Å². The number of fused-ring (bicyclic) bond motifs is 1. The lowest BCUT2D eigenvalue weighted by Crippen LogP contribution is -2.32. The first-order valence-electron chi connectivity index (χ1n) is 5.58. The van der Waals surface area contributed by atoms with Gasteiger partial charge in [0.1, 0.15) is 5.69 Å². The summed E-state index contributed by atoms with van der Waals surface area (Å²) in [6.45, 7) is 3.95. The van der Waals surface area contributed by atoms with Crippen molar-refractivity contribution in [3.8, 4) is 0 Å². The van der Waals surface area contributed by atoms with Crippen molar-refractivity contribution >= 4 is 40.9 Å². The average molecular weight is 368 g/mol. The molecular weight excluding hydrogens is 352 g/mol. The van der Waals surface area contributed by atoms with Gasteiger partial charge in [-0.15, -0.1) is 12.4 Å². The summed E-state index contributed by atoms with van der Waals surface area (Å²) in [5.74, 6) is 1.48. The molecular formula is C11H15ClIN3O. The molecule has 0 unspecified atom stereocenters. The van der Waals surface area contributed by atoms with Gasteiger partial charge in [0.15, 0.2) is 0 Å². The summed E-state index contributed by atoms with van der Waals surface area (Å²) in [5.41, 5.74) is 0.720. The molecule has 1 aromatic heterocycles. The van der Waals surface area contributed by atoms with E-state index in [9.17, 15) is 4.79 Å². The minimum atomic E-state index is 0. The number of likely N-dealkylation sites (tertiary alicyclic amines) is 1. The highest BCUT2D eigenvalue weighted by atomic mass is 127. The number of aromatic amines is 1. The highest BCUT2D eigenvalue weighted by Crippen LogP contribution is 2.27. The number of carbonyl (C=O) groups excluding carboxylic acids is 1. The van der Waals surface area contributed by atoms with Crippen LogP contribution in [0.15, 0.2) is 12.3 Å². The molecule has 0 spiro atoms. The SMILES string of the molecule is Cl.O=C(c1cc(I)c[nH]1)N1C[C@H]2CNC[C@H]2C1. The van der Waals surface area contributed by atoms with Crippen molar-refractivity contribution in [2.45, 2.75) is 0 Å². The van der Waals surface area contributed by atoms with Crippen LogP contribution >= 0.6 is 35.0 Å². The van der Waals surface area contributed by atoms with Crippen LogP contribution in [0.4, 0.5) is 0 Å².